The molecule has 0 saturated carbocycles. The van der Waals surface area contributed by atoms with E-state index < -0.39 is 10.0 Å². The number of sulfonamides is 1. The molecule has 1 aromatic rings. The van der Waals surface area contributed by atoms with Gasteiger partial charge in [-0.15, -0.1) is 0 Å². The standard InChI is InChI=1S/C19H31ClN4O4S/c1-2-21-19(22-9-5-12-27-15-17-7-4-13-28-17)23-10-11-24-29(25,26)18-8-3-6-16(20)14-18/h3,6,8,14,17,24H,2,4-5,7,9-13,15H2,1H3,(H2,21,22,23). The van der Waals surface area contributed by atoms with Gasteiger partial charge >= 0.3 is 0 Å². The summed E-state index contributed by atoms with van der Waals surface area (Å²) < 4.78 is 38.2. The first kappa shape index (κ1) is 23.9. The molecule has 0 amide bonds. The zero-order valence-electron chi connectivity index (χ0n) is 16.8. The molecule has 0 aromatic heterocycles. The lowest BCUT2D eigenvalue weighted by Crippen LogP contribution is -2.41. The average molecular weight is 447 g/mol. The van der Waals surface area contributed by atoms with E-state index in [1.54, 1.807) is 12.1 Å². The highest BCUT2D eigenvalue weighted by Crippen LogP contribution is 2.15. The predicted octanol–water partition coefficient (Wildman–Crippen LogP) is 1.76. The van der Waals surface area contributed by atoms with Crippen LogP contribution in [-0.2, 0) is 19.5 Å². The van der Waals surface area contributed by atoms with Crippen molar-refractivity contribution < 1.29 is 17.9 Å². The van der Waals surface area contributed by atoms with Crippen LogP contribution in [0.2, 0.25) is 5.02 Å². The summed E-state index contributed by atoms with van der Waals surface area (Å²) in [5.74, 6) is 0.647. The van der Waals surface area contributed by atoms with Gasteiger partial charge in [0, 0.05) is 44.4 Å². The van der Waals surface area contributed by atoms with Gasteiger partial charge in [-0.25, -0.2) is 13.1 Å². The van der Waals surface area contributed by atoms with Gasteiger partial charge in [-0.3, -0.25) is 4.99 Å². The number of hydrogen-bond donors (Lipinski definition) is 3. The molecule has 0 spiro atoms. The van der Waals surface area contributed by atoms with Crippen molar-refractivity contribution in [2.45, 2.75) is 37.2 Å². The Bertz CT molecular complexity index is 739. The van der Waals surface area contributed by atoms with Crippen LogP contribution < -0.4 is 15.4 Å². The molecular weight excluding hydrogens is 416 g/mol. The van der Waals surface area contributed by atoms with E-state index in [-0.39, 0.29) is 17.5 Å². The molecule has 29 heavy (non-hydrogen) atoms. The van der Waals surface area contributed by atoms with Crippen LogP contribution in [0.3, 0.4) is 0 Å². The predicted molar refractivity (Wildman–Crippen MR) is 115 cm³/mol. The molecule has 3 N–H and O–H groups in total. The number of halogens is 1. The van der Waals surface area contributed by atoms with E-state index in [9.17, 15) is 8.42 Å². The van der Waals surface area contributed by atoms with Gasteiger partial charge in [0.05, 0.1) is 17.6 Å². The van der Waals surface area contributed by atoms with Crippen LogP contribution in [0.4, 0.5) is 0 Å². The van der Waals surface area contributed by atoms with Crippen molar-refractivity contribution in [3.8, 4) is 0 Å². The van der Waals surface area contributed by atoms with E-state index in [1.807, 2.05) is 6.92 Å². The van der Waals surface area contributed by atoms with Crippen LogP contribution >= 0.6 is 11.6 Å². The van der Waals surface area contributed by atoms with Crippen LogP contribution in [0.25, 0.3) is 0 Å². The maximum Gasteiger partial charge on any atom is 0.240 e. The van der Waals surface area contributed by atoms with Crippen LogP contribution in [-0.4, -0.2) is 66.5 Å². The van der Waals surface area contributed by atoms with Gasteiger partial charge in [-0.2, -0.15) is 0 Å². The number of benzene rings is 1. The largest absolute Gasteiger partial charge is 0.379 e. The number of guanidine groups is 1. The molecule has 1 heterocycles. The molecule has 1 aliphatic heterocycles. The number of rotatable bonds is 12. The third-order valence-electron chi connectivity index (χ3n) is 4.20. The lowest BCUT2D eigenvalue weighted by atomic mass is 10.2. The molecule has 1 saturated heterocycles. The Morgan fingerprint density at radius 1 is 1.34 bits per heavy atom. The summed E-state index contributed by atoms with van der Waals surface area (Å²) in [6.45, 7) is 6.07. The summed E-state index contributed by atoms with van der Waals surface area (Å²) in [6.07, 6.45) is 3.25. The van der Waals surface area contributed by atoms with Crippen molar-refractivity contribution in [3.05, 3.63) is 29.3 Å². The van der Waals surface area contributed by atoms with Crippen molar-refractivity contribution in [2.24, 2.45) is 4.99 Å². The molecule has 1 atom stereocenters. The molecule has 1 aromatic carbocycles. The third-order valence-corrected chi connectivity index (χ3v) is 5.90. The van der Waals surface area contributed by atoms with Crippen molar-refractivity contribution in [1.29, 1.82) is 0 Å². The Labute approximate surface area is 178 Å². The van der Waals surface area contributed by atoms with Crippen LogP contribution in [0.1, 0.15) is 26.2 Å². The average Bonchev–Trinajstić information content (AvgIpc) is 3.21. The van der Waals surface area contributed by atoms with Crippen LogP contribution in [0.15, 0.2) is 34.2 Å². The van der Waals surface area contributed by atoms with E-state index in [0.29, 0.717) is 37.3 Å². The summed E-state index contributed by atoms with van der Waals surface area (Å²) in [6, 6.07) is 6.17. The normalized spacial score (nSPS) is 17.4. The van der Waals surface area contributed by atoms with Crippen LogP contribution in [0, 0.1) is 0 Å². The van der Waals surface area contributed by atoms with Gasteiger partial charge < -0.3 is 20.1 Å². The zero-order valence-corrected chi connectivity index (χ0v) is 18.4. The topological polar surface area (TPSA) is 101 Å². The van der Waals surface area contributed by atoms with Crippen molar-refractivity contribution in [2.75, 3.05) is 46.0 Å². The first-order valence-corrected chi connectivity index (χ1v) is 11.8. The van der Waals surface area contributed by atoms with E-state index >= 15 is 0 Å². The second-order valence-corrected chi connectivity index (χ2v) is 8.81. The van der Waals surface area contributed by atoms with E-state index in [1.165, 1.54) is 12.1 Å². The molecule has 1 aliphatic rings. The van der Waals surface area contributed by atoms with Gasteiger partial charge in [0.25, 0.3) is 0 Å². The molecule has 1 fully saturated rings. The minimum absolute atomic E-state index is 0.147. The zero-order chi connectivity index (χ0) is 21.0. The van der Waals surface area contributed by atoms with Crippen LogP contribution in [0.5, 0.6) is 0 Å². The summed E-state index contributed by atoms with van der Waals surface area (Å²) in [5.41, 5.74) is 0. The SMILES string of the molecule is CCNC(=NCCCOCC1CCCO1)NCCNS(=O)(=O)c1cccc(Cl)c1. The highest BCUT2D eigenvalue weighted by Gasteiger charge is 2.15. The van der Waals surface area contributed by atoms with E-state index in [4.69, 9.17) is 21.1 Å². The molecular formula is C19H31ClN4O4S. The molecule has 2 rings (SSSR count). The Hall–Kier alpha value is -1.39. The van der Waals surface area contributed by atoms with Gasteiger partial charge in [0.2, 0.25) is 10.0 Å². The van der Waals surface area contributed by atoms with E-state index in [2.05, 4.69) is 20.3 Å². The molecule has 0 aliphatic carbocycles. The maximum atomic E-state index is 12.3. The van der Waals surface area contributed by atoms with Gasteiger partial charge in [0.1, 0.15) is 0 Å². The molecule has 8 nitrogen and oxygen atoms in total. The van der Waals surface area contributed by atoms with Gasteiger partial charge in [-0.05, 0) is 44.4 Å². The Morgan fingerprint density at radius 3 is 2.93 bits per heavy atom. The van der Waals surface area contributed by atoms with Gasteiger partial charge in [-0.1, -0.05) is 17.7 Å². The quantitative estimate of drug-likeness (QED) is 0.257. The molecule has 0 bridgehead atoms. The lowest BCUT2D eigenvalue weighted by Gasteiger charge is -2.12. The second kappa shape index (κ2) is 13.0. The minimum atomic E-state index is -3.59. The van der Waals surface area contributed by atoms with Crippen molar-refractivity contribution >= 4 is 27.6 Å². The van der Waals surface area contributed by atoms with Gasteiger partial charge in [0.15, 0.2) is 5.96 Å². The monoisotopic (exact) mass is 446 g/mol. The Morgan fingerprint density at radius 2 is 2.21 bits per heavy atom. The highest BCUT2D eigenvalue weighted by atomic mass is 35.5. The smallest absolute Gasteiger partial charge is 0.240 e. The first-order chi connectivity index (χ1) is 14.0. The summed E-state index contributed by atoms with van der Waals surface area (Å²) in [5, 5.41) is 6.64. The lowest BCUT2D eigenvalue weighted by molar-refractivity contribution is 0.0171. The Balaban J connectivity index is 1.65. The number of nitrogens with one attached hydrogen (secondary N) is 3. The minimum Gasteiger partial charge on any atom is -0.379 e. The molecule has 0 radical (unpaired) electrons. The number of nitrogens with zero attached hydrogens (tertiary/aromatic N) is 1. The fourth-order valence-corrected chi connectivity index (χ4v) is 4.11. The summed E-state index contributed by atoms with van der Waals surface area (Å²) in [7, 11) is -3.59. The fourth-order valence-electron chi connectivity index (χ4n) is 2.77. The summed E-state index contributed by atoms with van der Waals surface area (Å²) >= 11 is 5.86. The van der Waals surface area contributed by atoms with E-state index in [0.717, 1.165) is 32.4 Å². The first-order valence-electron chi connectivity index (χ1n) is 9.98. The molecule has 10 heteroatoms. The molecule has 1 unspecified atom stereocenters. The number of hydrogen-bond acceptors (Lipinski definition) is 5. The molecule has 164 valence electrons. The highest BCUT2D eigenvalue weighted by molar-refractivity contribution is 7.89. The number of aliphatic imine (C=N–C) groups is 1. The Kier molecular flexibility index (Phi) is 10.7. The third kappa shape index (κ3) is 9.31. The van der Waals surface area contributed by atoms with Crippen molar-refractivity contribution in [1.82, 2.24) is 15.4 Å². The maximum absolute atomic E-state index is 12.3. The summed E-state index contributed by atoms with van der Waals surface area (Å²) in [4.78, 5) is 4.62. The van der Waals surface area contributed by atoms with Crippen molar-refractivity contribution in [3.63, 3.8) is 0 Å². The number of ether oxygens (including phenoxy) is 2. The fraction of sp³-hybridized carbons (Fsp3) is 0.632. The second-order valence-electron chi connectivity index (χ2n) is 6.61.